The highest BCUT2D eigenvalue weighted by Gasteiger charge is 2.17. The number of nitrogens with zero attached hydrogens (tertiary/aromatic N) is 4. The largest absolute Gasteiger partial charge is 0.456 e. The first kappa shape index (κ1) is 28.2. The van der Waals surface area contributed by atoms with E-state index < -0.39 is 0 Å². The number of hydrogen-bond acceptors (Lipinski definition) is 4. The summed E-state index contributed by atoms with van der Waals surface area (Å²) in [7, 11) is 0. The van der Waals surface area contributed by atoms with Crippen LogP contribution >= 0.6 is 0 Å². The first-order valence-corrected chi connectivity index (χ1v) is 16.7. The van der Waals surface area contributed by atoms with Crippen LogP contribution < -0.4 is 0 Å². The van der Waals surface area contributed by atoms with E-state index in [2.05, 4.69) is 102 Å². The normalized spacial score (nSPS) is 11.6. The minimum Gasteiger partial charge on any atom is -0.456 e. The topological polar surface area (TPSA) is 56.7 Å². The van der Waals surface area contributed by atoms with Gasteiger partial charge >= 0.3 is 0 Å². The lowest BCUT2D eigenvalue weighted by Crippen LogP contribution is -2.01. The van der Waals surface area contributed by atoms with Gasteiger partial charge < -0.3 is 8.98 Å². The Hall–Kier alpha value is -6.85. The zero-order chi connectivity index (χ0) is 33.0. The predicted molar refractivity (Wildman–Crippen MR) is 203 cm³/mol. The maximum Gasteiger partial charge on any atom is 0.164 e. The molecule has 7 aromatic carbocycles. The number of para-hydroxylation sites is 2. The van der Waals surface area contributed by atoms with Gasteiger partial charge in [-0.3, -0.25) is 0 Å². The first-order valence-electron chi connectivity index (χ1n) is 16.7. The molecule has 5 heteroatoms. The lowest BCUT2D eigenvalue weighted by atomic mass is 10.0. The van der Waals surface area contributed by atoms with Crippen LogP contribution in [0.15, 0.2) is 174 Å². The molecule has 10 rings (SSSR count). The average Bonchev–Trinajstić information content (AvgIpc) is 3.73. The van der Waals surface area contributed by atoms with Gasteiger partial charge in [0.15, 0.2) is 17.5 Å². The second-order valence-corrected chi connectivity index (χ2v) is 12.5. The highest BCUT2D eigenvalue weighted by atomic mass is 16.3. The number of furan rings is 1. The second kappa shape index (κ2) is 11.4. The summed E-state index contributed by atoms with van der Waals surface area (Å²) >= 11 is 0. The summed E-state index contributed by atoms with van der Waals surface area (Å²) in [5.74, 6) is 1.91. The van der Waals surface area contributed by atoms with E-state index in [0.717, 1.165) is 66.5 Å². The summed E-state index contributed by atoms with van der Waals surface area (Å²) in [4.78, 5) is 14.9. The summed E-state index contributed by atoms with van der Waals surface area (Å²) in [6.45, 7) is 0. The molecule has 0 fully saturated rings. The summed E-state index contributed by atoms with van der Waals surface area (Å²) < 4.78 is 8.47. The molecule has 0 radical (unpaired) electrons. The fourth-order valence-corrected chi connectivity index (χ4v) is 7.06. The van der Waals surface area contributed by atoms with Crippen LogP contribution in [-0.2, 0) is 0 Å². The van der Waals surface area contributed by atoms with Gasteiger partial charge in [0.05, 0.1) is 11.0 Å². The quantitative estimate of drug-likeness (QED) is 0.188. The van der Waals surface area contributed by atoms with Gasteiger partial charge in [0.1, 0.15) is 11.2 Å². The van der Waals surface area contributed by atoms with Crippen molar-refractivity contribution in [3.05, 3.63) is 170 Å². The fourth-order valence-electron chi connectivity index (χ4n) is 7.06. The van der Waals surface area contributed by atoms with E-state index in [-0.39, 0.29) is 0 Å². The van der Waals surface area contributed by atoms with Crippen molar-refractivity contribution in [3.8, 4) is 51.0 Å². The summed E-state index contributed by atoms with van der Waals surface area (Å²) in [6, 6.07) is 58.7. The molecule has 0 saturated carbocycles. The van der Waals surface area contributed by atoms with Gasteiger partial charge in [0, 0.05) is 43.9 Å². The molecule has 3 heterocycles. The maximum atomic E-state index is 6.12. The molecule has 5 nitrogen and oxygen atoms in total. The van der Waals surface area contributed by atoms with Crippen LogP contribution in [-0.4, -0.2) is 19.5 Å². The average molecular weight is 641 g/mol. The van der Waals surface area contributed by atoms with E-state index in [4.69, 9.17) is 19.4 Å². The van der Waals surface area contributed by atoms with Crippen molar-refractivity contribution in [1.82, 2.24) is 19.5 Å². The third kappa shape index (κ3) is 4.67. The van der Waals surface area contributed by atoms with Gasteiger partial charge in [-0.1, -0.05) is 127 Å². The lowest BCUT2D eigenvalue weighted by molar-refractivity contribution is 0.669. The number of benzene rings is 7. The van der Waals surface area contributed by atoms with Crippen LogP contribution in [0.1, 0.15) is 0 Å². The SMILES string of the molecule is c1ccc(-c2nc(-c3ccccc3)nc(-c3cccc(-n4c5ccccc5c5ccc(-c6ccc7oc8ccccc8c7c6)cc54)c3)n2)cc1. The molecule has 234 valence electrons. The third-order valence-corrected chi connectivity index (χ3v) is 9.45. The molecular formula is C45H28N4O. The van der Waals surface area contributed by atoms with Crippen LogP contribution in [0.3, 0.4) is 0 Å². The van der Waals surface area contributed by atoms with Crippen molar-refractivity contribution < 1.29 is 4.42 Å². The van der Waals surface area contributed by atoms with E-state index in [0.29, 0.717) is 17.5 Å². The summed E-state index contributed by atoms with van der Waals surface area (Å²) in [6.07, 6.45) is 0. The molecule has 0 aliphatic rings. The van der Waals surface area contributed by atoms with Gasteiger partial charge in [-0.05, 0) is 53.6 Å². The zero-order valence-corrected chi connectivity index (χ0v) is 26.9. The highest BCUT2D eigenvalue weighted by Crippen LogP contribution is 2.37. The third-order valence-electron chi connectivity index (χ3n) is 9.45. The van der Waals surface area contributed by atoms with Crippen molar-refractivity contribution >= 4 is 43.7 Å². The lowest BCUT2D eigenvalue weighted by Gasteiger charge is -2.12. The standard InChI is InChI=1S/C45H28N4O/c1-3-12-29(13-4-1)43-46-44(30-14-5-2-6-15-30)48-45(47-43)33-16-11-17-34(26-33)49-39-20-9-7-18-35(39)36-24-22-32(28-40(36)49)31-23-25-42-38(27-31)37-19-8-10-21-41(37)50-42/h1-28H. The van der Waals surface area contributed by atoms with Gasteiger partial charge in [-0.2, -0.15) is 0 Å². The Kier molecular flexibility index (Phi) is 6.42. The number of aromatic nitrogens is 4. The van der Waals surface area contributed by atoms with Crippen LogP contribution in [0.2, 0.25) is 0 Å². The van der Waals surface area contributed by atoms with E-state index >= 15 is 0 Å². The molecule has 0 saturated heterocycles. The Labute approximate surface area is 287 Å². The molecule has 0 spiro atoms. The van der Waals surface area contributed by atoms with E-state index in [1.165, 1.54) is 10.8 Å². The molecule has 0 unspecified atom stereocenters. The van der Waals surface area contributed by atoms with E-state index in [1.807, 2.05) is 72.8 Å². The van der Waals surface area contributed by atoms with Crippen molar-refractivity contribution in [3.63, 3.8) is 0 Å². The van der Waals surface area contributed by atoms with Gasteiger partial charge in [0.2, 0.25) is 0 Å². The monoisotopic (exact) mass is 640 g/mol. The summed E-state index contributed by atoms with van der Waals surface area (Å²) in [5.41, 5.74) is 10.2. The molecule has 0 aliphatic heterocycles. The van der Waals surface area contributed by atoms with Gasteiger partial charge in [-0.15, -0.1) is 0 Å². The Balaban J connectivity index is 1.15. The fraction of sp³-hybridized carbons (Fsp3) is 0. The molecule has 3 aromatic heterocycles. The molecule has 50 heavy (non-hydrogen) atoms. The Morgan fingerprint density at radius 2 is 0.900 bits per heavy atom. The minimum atomic E-state index is 0.627. The molecule has 0 bridgehead atoms. The number of hydrogen-bond donors (Lipinski definition) is 0. The maximum absolute atomic E-state index is 6.12. The second-order valence-electron chi connectivity index (χ2n) is 12.5. The molecule has 0 aliphatic carbocycles. The molecule has 0 amide bonds. The Bertz CT molecular complexity index is 2810. The van der Waals surface area contributed by atoms with Crippen molar-refractivity contribution in [2.75, 3.05) is 0 Å². The van der Waals surface area contributed by atoms with Crippen LogP contribution in [0.25, 0.3) is 94.7 Å². The van der Waals surface area contributed by atoms with Crippen LogP contribution in [0, 0.1) is 0 Å². The van der Waals surface area contributed by atoms with Crippen LogP contribution in [0.5, 0.6) is 0 Å². The smallest absolute Gasteiger partial charge is 0.164 e. The predicted octanol–water partition coefficient (Wildman–Crippen LogP) is 11.5. The van der Waals surface area contributed by atoms with Crippen molar-refractivity contribution in [1.29, 1.82) is 0 Å². The van der Waals surface area contributed by atoms with E-state index in [1.54, 1.807) is 0 Å². The van der Waals surface area contributed by atoms with Crippen molar-refractivity contribution in [2.24, 2.45) is 0 Å². The first-order chi connectivity index (χ1) is 24.8. The van der Waals surface area contributed by atoms with Gasteiger partial charge in [-0.25, -0.2) is 15.0 Å². The van der Waals surface area contributed by atoms with Crippen LogP contribution in [0.4, 0.5) is 0 Å². The van der Waals surface area contributed by atoms with Crippen molar-refractivity contribution in [2.45, 2.75) is 0 Å². The Morgan fingerprint density at radius 1 is 0.340 bits per heavy atom. The number of fused-ring (bicyclic) bond motifs is 6. The molecule has 10 aromatic rings. The number of rotatable bonds is 5. The minimum absolute atomic E-state index is 0.627. The highest BCUT2D eigenvalue weighted by molar-refractivity contribution is 6.11. The zero-order valence-electron chi connectivity index (χ0n) is 26.9. The summed E-state index contributed by atoms with van der Waals surface area (Å²) in [5, 5.41) is 4.64. The molecular weight excluding hydrogens is 613 g/mol. The van der Waals surface area contributed by atoms with E-state index in [9.17, 15) is 0 Å². The molecule has 0 atom stereocenters. The van der Waals surface area contributed by atoms with Gasteiger partial charge in [0.25, 0.3) is 0 Å². The Morgan fingerprint density at radius 3 is 1.66 bits per heavy atom. The molecule has 0 N–H and O–H groups in total.